The first-order valence-electron chi connectivity index (χ1n) is 4.52. The van der Waals surface area contributed by atoms with Crippen LogP contribution in [0, 0.1) is 0 Å². The Balaban J connectivity index is 2.99. The number of hydrogen-bond donors (Lipinski definition) is 2. The van der Waals surface area contributed by atoms with Gasteiger partial charge in [0.15, 0.2) is 0 Å². The van der Waals surface area contributed by atoms with Gasteiger partial charge in [0.25, 0.3) is 0 Å². The molecule has 0 heterocycles. The van der Waals surface area contributed by atoms with Crippen LogP contribution in [0.3, 0.4) is 0 Å². The Morgan fingerprint density at radius 1 is 1.38 bits per heavy atom. The van der Waals surface area contributed by atoms with Crippen LogP contribution in [0.1, 0.15) is 0 Å². The maximum Gasteiger partial charge on any atom is 0.236 e. The molecule has 0 saturated carbocycles. The Hall–Kier alpha value is -1.62. The minimum absolute atomic E-state index is 0.0150. The van der Waals surface area contributed by atoms with Crippen LogP contribution in [0.25, 0.3) is 0 Å². The number of methoxy groups -OCH3 is 2. The average Bonchev–Trinajstić information content (AvgIpc) is 2.26. The number of halogens is 1. The largest absolute Gasteiger partial charge is 0.495 e. The molecule has 0 fully saturated rings. The SMILES string of the molecule is COc1cc(NCC(N)=O)c(OC)cc1Cl. The van der Waals surface area contributed by atoms with Gasteiger partial charge in [-0.1, -0.05) is 11.6 Å². The monoisotopic (exact) mass is 244 g/mol. The summed E-state index contributed by atoms with van der Waals surface area (Å²) in [7, 11) is 3.01. The molecule has 0 aliphatic heterocycles. The zero-order valence-corrected chi connectivity index (χ0v) is 9.80. The second-order valence-corrected chi connectivity index (χ2v) is 3.41. The van der Waals surface area contributed by atoms with E-state index in [-0.39, 0.29) is 6.54 Å². The second kappa shape index (κ2) is 5.46. The van der Waals surface area contributed by atoms with E-state index in [0.717, 1.165) is 0 Å². The molecule has 0 aliphatic carbocycles. The van der Waals surface area contributed by atoms with Crippen molar-refractivity contribution in [1.82, 2.24) is 0 Å². The van der Waals surface area contributed by atoms with Gasteiger partial charge >= 0.3 is 0 Å². The molecule has 1 amide bonds. The Bertz CT molecular complexity index is 396. The summed E-state index contributed by atoms with van der Waals surface area (Å²) in [5.74, 6) is 0.553. The van der Waals surface area contributed by atoms with Crippen LogP contribution in [0.15, 0.2) is 12.1 Å². The molecule has 0 aromatic heterocycles. The first-order chi connectivity index (χ1) is 7.58. The molecule has 0 spiro atoms. The molecule has 0 saturated heterocycles. The molecule has 1 rings (SSSR count). The first kappa shape index (κ1) is 12.4. The van der Waals surface area contributed by atoms with Gasteiger partial charge in [-0.3, -0.25) is 4.79 Å². The molecular weight excluding hydrogens is 232 g/mol. The summed E-state index contributed by atoms with van der Waals surface area (Å²) in [6.07, 6.45) is 0. The van der Waals surface area contributed by atoms with Gasteiger partial charge < -0.3 is 20.5 Å². The molecule has 0 atom stereocenters. The number of carbonyl (C=O) groups is 1. The molecule has 1 aromatic rings. The fourth-order valence-corrected chi connectivity index (χ4v) is 1.41. The standard InChI is InChI=1S/C10H13ClN2O3/c1-15-8-4-7(13-5-10(12)14)9(16-2)3-6(8)11/h3-4,13H,5H2,1-2H3,(H2,12,14). The third kappa shape index (κ3) is 2.93. The van der Waals surface area contributed by atoms with Gasteiger partial charge in [-0.25, -0.2) is 0 Å². The number of amides is 1. The number of carbonyl (C=O) groups excluding carboxylic acids is 1. The molecule has 1 aromatic carbocycles. The number of benzene rings is 1. The quantitative estimate of drug-likeness (QED) is 0.818. The normalized spacial score (nSPS) is 9.69. The van der Waals surface area contributed by atoms with Gasteiger partial charge in [-0.2, -0.15) is 0 Å². The highest BCUT2D eigenvalue weighted by atomic mass is 35.5. The van der Waals surface area contributed by atoms with Crippen LogP contribution in [0.5, 0.6) is 11.5 Å². The summed E-state index contributed by atoms with van der Waals surface area (Å²) < 4.78 is 10.2. The number of nitrogens with one attached hydrogen (secondary N) is 1. The van der Waals surface area contributed by atoms with Crippen molar-refractivity contribution in [3.63, 3.8) is 0 Å². The molecule has 0 unspecified atom stereocenters. The van der Waals surface area contributed by atoms with Gasteiger partial charge in [0, 0.05) is 12.1 Å². The smallest absolute Gasteiger partial charge is 0.236 e. The maximum absolute atomic E-state index is 10.7. The van der Waals surface area contributed by atoms with Crippen molar-refractivity contribution in [3.05, 3.63) is 17.2 Å². The lowest BCUT2D eigenvalue weighted by Crippen LogP contribution is -2.22. The molecule has 16 heavy (non-hydrogen) atoms. The van der Waals surface area contributed by atoms with Crippen molar-refractivity contribution in [3.8, 4) is 11.5 Å². The lowest BCUT2D eigenvalue weighted by molar-refractivity contribution is -0.116. The highest BCUT2D eigenvalue weighted by Crippen LogP contribution is 2.35. The molecule has 0 aliphatic rings. The molecule has 6 heteroatoms. The van der Waals surface area contributed by atoms with E-state index >= 15 is 0 Å². The predicted octanol–water partition coefficient (Wildman–Crippen LogP) is 1.25. The molecule has 88 valence electrons. The zero-order valence-electron chi connectivity index (χ0n) is 9.04. The number of ether oxygens (including phenoxy) is 2. The van der Waals surface area contributed by atoms with E-state index < -0.39 is 5.91 Å². The van der Waals surface area contributed by atoms with Crippen LogP contribution in [0.2, 0.25) is 5.02 Å². The van der Waals surface area contributed by atoms with Crippen molar-refractivity contribution in [2.75, 3.05) is 26.1 Å². The maximum atomic E-state index is 10.7. The van der Waals surface area contributed by atoms with Crippen molar-refractivity contribution < 1.29 is 14.3 Å². The van der Waals surface area contributed by atoms with E-state index in [9.17, 15) is 4.79 Å². The van der Waals surface area contributed by atoms with Gasteiger partial charge in [-0.05, 0) is 0 Å². The molecule has 0 radical (unpaired) electrons. The summed E-state index contributed by atoms with van der Waals surface area (Å²) >= 11 is 5.92. The highest BCUT2D eigenvalue weighted by Gasteiger charge is 2.09. The summed E-state index contributed by atoms with van der Waals surface area (Å²) in [5.41, 5.74) is 5.63. The van der Waals surface area contributed by atoms with Crippen molar-refractivity contribution in [2.24, 2.45) is 5.73 Å². The lowest BCUT2D eigenvalue weighted by Gasteiger charge is -2.12. The van der Waals surface area contributed by atoms with E-state index in [0.29, 0.717) is 22.2 Å². The summed E-state index contributed by atoms with van der Waals surface area (Å²) in [6, 6.07) is 3.24. The van der Waals surface area contributed by atoms with E-state index in [4.69, 9.17) is 26.8 Å². The van der Waals surface area contributed by atoms with Gasteiger partial charge in [-0.15, -0.1) is 0 Å². The predicted molar refractivity (Wildman–Crippen MR) is 62.2 cm³/mol. The average molecular weight is 245 g/mol. The van der Waals surface area contributed by atoms with E-state index in [1.165, 1.54) is 14.2 Å². The number of anilines is 1. The number of primary amides is 1. The Morgan fingerprint density at radius 2 is 2.00 bits per heavy atom. The van der Waals surface area contributed by atoms with Crippen LogP contribution in [-0.2, 0) is 4.79 Å². The number of rotatable bonds is 5. The fraction of sp³-hybridized carbons (Fsp3) is 0.300. The summed E-state index contributed by atoms with van der Waals surface area (Å²) in [6.45, 7) is 0.0150. The Kier molecular flexibility index (Phi) is 4.25. The zero-order chi connectivity index (χ0) is 12.1. The van der Waals surface area contributed by atoms with Crippen molar-refractivity contribution >= 4 is 23.2 Å². The van der Waals surface area contributed by atoms with Crippen LogP contribution in [-0.4, -0.2) is 26.7 Å². The molecule has 3 N–H and O–H groups in total. The van der Waals surface area contributed by atoms with Crippen molar-refractivity contribution in [2.45, 2.75) is 0 Å². The van der Waals surface area contributed by atoms with Crippen LogP contribution < -0.4 is 20.5 Å². The fourth-order valence-electron chi connectivity index (χ4n) is 1.18. The number of nitrogens with two attached hydrogens (primary N) is 1. The second-order valence-electron chi connectivity index (χ2n) is 3.01. The minimum Gasteiger partial charge on any atom is -0.495 e. The van der Waals surface area contributed by atoms with Crippen LogP contribution >= 0.6 is 11.6 Å². The third-order valence-corrected chi connectivity index (χ3v) is 2.22. The minimum atomic E-state index is -0.462. The van der Waals surface area contributed by atoms with Crippen LogP contribution in [0.4, 0.5) is 5.69 Å². The molecular formula is C10H13ClN2O3. The van der Waals surface area contributed by atoms with Crippen molar-refractivity contribution in [1.29, 1.82) is 0 Å². The molecule has 0 bridgehead atoms. The van der Waals surface area contributed by atoms with E-state index in [2.05, 4.69) is 5.32 Å². The third-order valence-electron chi connectivity index (χ3n) is 1.93. The molecule has 5 nitrogen and oxygen atoms in total. The van der Waals surface area contributed by atoms with E-state index in [1.807, 2.05) is 0 Å². The summed E-state index contributed by atoms with van der Waals surface area (Å²) in [4.78, 5) is 10.7. The first-order valence-corrected chi connectivity index (χ1v) is 4.90. The lowest BCUT2D eigenvalue weighted by atomic mass is 10.2. The highest BCUT2D eigenvalue weighted by molar-refractivity contribution is 6.32. The van der Waals surface area contributed by atoms with E-state index in [1.54, 1.807) is 12.1 Å². The van der Waals surface area contributed by atoms with Gasteiger partial charge in [0.1, 0.15) is 11.5 Å². The summed E-state index contributed by atoms with van der Waals surface area (Å²) in [5, 5.41) is 3.26. The van der Waals surface area contributed by atoms with Gasteiger partial charge in [0.2, 0.25) is 5.91 Å². The Morgan fingerprint density at radius 3 is 2.50 bits per heavy atom. The topological polar surface area (TPSA) is 73.6 Å². The number of hydrogen-bond acceptors (Lipinski definition) is 4. The van der Waals surface area contributed by atoms with Gasteiger partial charge in [0.05, 0.1) is 31.5 Å². The Labute approximate surface area is 98.5 Å².